The molecule has 0 aliphatic rings. The summed E-state index contributed by atoms with van der Waals surface area (Å²) in [5.74, 6) is -0.993. The highest BCUT2D eigenvalue weighted by molar-refractivity contribution is 5.71. The molecule has 0 aromatic rings. The largest absolute Gasteiger partial charge is 0.462 e. The minimum atomic E-state index is -0.808. The monoisotopic (exact) mass is 933 g/mol. The summed E-state index contributed by atoms with van der Waals surface area (Å²) in [6.45, 7) is 6.43. The Bertz CT molecular complexity index is 1300. The molecule has 0 fully saturated rings. The number of esters is 3. The third-order valence-corrected chi connectivity index (χ3v) is 11.9. The molecule has 0 saturated heterocycles. The fourth-order valence-electron chi connectivity index (χ4n) is 7.69. The van der Waals surface area contributed by atoms with Crippen LogP contribution in [0.25, 0.3) is 0 Å². The standard InChI is InChI=1S/C61H104O6/c1-4-7-10-13-16-19-22-24-26-28-30-32-34-36-39-42-45-48-51-54-60(63)66-57-58(56-65-59(62)53-50-47-44-41-38-21-18-15-12-9-6-3)67-61(64)55-52-49-46-43-40-37-35-33-31-29-27-25-23-20-17-14-11-8-5-2/h7,10,15-16,18-19,24,26,30,32,36,39,45,48,58H,4-6,8-9,11-14,17,20-23,25,27-29,31,33-35,37-38,40-44,46-47,49-57H2,1-3H3/b10-7-,18-15-,19-16-,26-24-,32-30-,39-36-,48-45-/t58-/m1/s1. The third-order valence-electron chi connectivity index (χ3n) is 11.9. The quantitative estimate of drug-likeness (QED) is 0.0262. The van der Waals surface area contributed by atoms with E-state index in [9.17, 15) is 14.4 Å². The maximum absolute atomic E-state index is 12.8. The van der Waals surface area contributed by atoms with E-state index >= 15 is 0 Å². The van der Waals surface area contributed by atoms with Gasteiger partial charge in [0.15, 0.2) is 6.10 Å². The van der Waals surface area contributed by atoms with Crippen LogP contribution in [0.1, 0.15) is 265 Å². The summed E-state index contributed by atoms with van der Waals surface area (Å²) in [5, 5.41) is 0. The lowest BCUT2D eigenvalue weighted by molar-refractivity contribution is -0.166. The SMILES string of the molecule is CC/C=C\C/C=C\C/C=C\C/C=C\C/C=C\C/C=C\CCC(=O)OC[C@@H](COC(=O)CCCCCCC/C=C\CCCC)OC(=O)CCCCCCCCCCCCCCCCCCCCC. The first kappa shape index (κ1) is 63.6. The Balaban J connectivity index is 4.43. The van der Waals surface area contributed by atoms with E-state index in [0.29, 0.717) is 19.3 Å². The van der Waals surface area contributed by atoms with E-state index in [-0.39, 0.29) is 37.5 Å². The molecule has 0 spiro atoms. The predicted octanol–water partition coefficient (Wildman–Crippen LogP) is 18.8. The summed E-state index contributed by atoms with van der Waals surface area (Å²) in [6, 6.07) is 0. The smallest absolute Gasteiger partial charge is 0.306 e. The maximum atomic E-state index is 12.8. The van der Waals surface area contributed by atoms with E-state index in [1.165, 1.54) is 128 Å². The molecule has 6 nitrogen and oxygen atoms in total. The molecule has 6 heteroatoms. The highest BCUT2D eigenvalue weighted by atomic mass is 16.6. The van der Waals surface area contributed by atoms with Gasteiger partial charge in [0, 0.05) is 19.3 Å². The van der Waals surface area contributed by atoms with Crippen molar-refractivity contribution in [3.8, 4) is 0 Å². The summed E-state index contributed by atoms with van der Waals surface area (Å²) in [4.78, 5) is 38.0. The third kappa shape index (κ3) is 53.4. The molecule has 0 N–H and O–H groups in total. The number of hydrogen-bond acceptors (Lipinski definition) is 6. The molecule has 0 aliphatic heterocycles. The van der Waals surface area contributed by atoms with Crippen molar-refractivity contribution >= 4 is 17.9 Å². The molecule has 0 unspecified atom stereocenters. The molecular weight excluding hydrogens is 829 g/mol. The average molecular weight is 933 g/mol. The molecule has 0 aliphatic carbocycles. The Kier molecular flexibility index (Phi) is 52.4. The Labute approximate surface area is 414 Å². The van der Waals surface area contributed by atoms with E-state index in [4.69, 9.17) is 14.2 Å². The molecule has 0 saturated carbocycles. The molecule has 0 bridgehead atoms. The Morgan fingerprint density at radius 1 is 0.313 bits per heavy atom. The molecule has 0 radical (unpaired) electrons. The zero-order chi connectivity index (χ0) is 48.6. The molecular formula is C61H104O6. The highest BCUT2D eigenvalue weighted by Crippen LogP contribution is 2.16. The van der Waals surface area contributed by atoms with E-state index in [2.05, 4.69) is 99.8 Å². The summed E-state index contributed by atoms with van der Waals surface area (Å²) in [5.41, 5.74) is 0. The summed E-state index contributed by atoms with van der Waals surface area (Å²) in [6.07, 6.45) is 71.6. The number of rotatable bonds is 50. The molecule has 0 heterocycles. The van der Waals surface area contributed by atoms with Crippen molar-refractivity contribution in [2.75, 3.05) is 13.2 Å². The van der Waals surface area contributed by atoms with Crippen LogP contribution in [0.3, 0.4) is 0 Å². The number of ether oxygens (including phenoxy) is 3. The van der Waals surface area contributed by atoms with Crippen molar-refractivity contribution in [2.24, 2.45) is 0 Å². The first-order valence-electron chi connectivity index (χ1n) is 28.1. The maximum Gasteiger partial charge on any atom is 0.306 e. The molecule has 1 atom stereocenters. The number of carbonyl (C=O) groups is 3. The summed E-state index contributed by atoms with van der Waals surface area (Å²) < 4.78 is 16.8. The van der Waals surface area contributed by atoms with Crippen molar-refractivity contribution in [2.45, 2.75) is 271 Å². The number of hydrogen-bond donors (Lipinski definition) is 0. The number of carbonyl (C=O) groups excluding carboxylic acids is 3. The van der Waals surface area contributed by atoms with Crippen LogP contribution in [0.15, 0.2) is 85.1 Å². The highest BCUT2D eigenvalue weighted by Gasteiger charge is 2.19. The van der Waals surface area contributed by atoms with Gasteiger partial charge in [0.1, 0.15) is 13.2 Å². The topological polar surface area (TPSA) is 78.9 Å². The Morgan fingerprint density at radius 3 is 1.04 bits per heavy atom. The van der Waals surface area contributed by atoms with Gasteiger partial charge in [-0.3, -0.25) is 14.4 Å². The zero-order valence-corrected chi connectivity index (χ0v) is 43.9. The molecule has 67 heavy (non-hydrogen) atoms. The van der Waals surface area contributed by atoms with E-state index in [0.717, 1.165) is 89.9 Å². The van der Waals surface area contributed by atoms with Gasteiger partial charge in [0.05, 0.1) is 0 Å². The van der Waals surface area contributed by atoms with Crippen molar-refractivity contribution < 1.29 is 28.6 Å². The minimum absolute atomic E-state index is 0.103. The van der Waals surface area contributed by atoms with Crippen LogP contribution in [-0.4, -0.2) is 37.2 Å². The lowest BCUT2D eigenvalue weighted by Crippen LogP contribution is -2.30. The van der Waals surface area contributed by atoms with Crippen molar-refractivity contribution in [3.63, 3.8) is 0 Å². The van der Waals surface area contributed by atoms with Gasteiger partial charge in [-0.05, 0) is 77.0 Å². The van der Waals surface area contributed by atoms with Crippen LogP contribution in [0.5, 0.6) is 0 Å². The summed E-state index contributed by atoms with van der Waals surface area (Å²) in [7, 11) is 0. The van der Waals surface area contributed by atoms with Crippen LogP contribution in [0, 0.1) is 0 Å². The summed E-state index contributed by atoms with van der Waals surface area (Å²) >= 11 is 0. The molecule has 0 rings (SSSR count). The minimum Gasteiger partial charge on any atom is -0.462 e. The van der Waals surface area contributed by atoms with Gasteiger partial charge in [-0.2, -0.15) is 0 Å². The van der Waals surface area contributed by atoms with Gasteiger partial charge >= 0.3 is 17.9 Å². The van der Waals surface area contributed by atoms with Gasteiger partial charge < -0.3 is 14.2 Å². The van der Waals surface area contributed by atoms with Crippen LogP contribution < -0.4 is 0 Å². The van der Waals surface area contributed by atoms with Gasteiger partial charge in [0.2, 0.25) is 0 Å². The normalized spacial score (nSPS) is 12.7. The van der Waals surface area contributed by atoms with Crippen LogP contribution >= 0.6 is 0 Å². The van der Waals surface area contributed by atoms with Crippen LogP contribution in [-0.2, 0) is 28.6 Å². The van der Waals surface area contributed by atoms with Gasteiger partial charge in [-0.25, -0.2) is 0 Å². The van der Waals surface area contributed by atoms with E-state index in [1.807, 2.05) is 6.08 Å². The second-order valence-corrected chi connectivity index (χ2v) is 18.5. The van der Waals surface area contributed by atoms with Crippen LogP contribution in [0.4, 0.5) is 0 Å². The van der Waals surface area contributed by atoms with Gasteiger partial charge in [0.25, 0.3) is 0 Å². The van der Waals surface area contributed by atoms with Crippen molar-refractivity contribution in [1.29, 1.82) is 0 Å². The fourth-order valence-corrected chi connectivity index (χ4v) is 7.69. The first-order valence-corrected chi connectivity index (χ1v) is 28.1. The predicted molar refractivity (Wildman–Crippen MR) is 288 cm³/mol. The molecule has 384 valence electrons. The fraction of sp³-hybridized carbons (Fsp3) is 0.721. The van der Waals surface area contributed by atoms with Crippen LogP contribution in [0.2, 0.25) is 0 Å². The lowest BCUT2D eigenvalue weighted by atomic mass is 10.0. The van der Waals surface area contributed by atoms with Crippen molar-refractivity contribution in [1.82, 2.24) is 0 Å². The number of allylic oxidation sites excluding steroid dienone is 14. The zero-order valence-electron chi connectivity index (χ0n) is 43.9. The molecule has 0 amide bonds. The van der Waals surface area contributed by atoms with E-state index < -0.39 is 6.10 Å². The second kappa shape index (κ2) is 55.2. The van der Waals surface area contributed by atoms with Crippen molar-refractivity contribution in [3.05, 3.63) is 85.1 Å². The molecule has 0 aromatic heterocycles. The lowest BCUT2D eigenvalue weighted by Gasteiger charge is -2.18. The van der Waals surface area contributed by atoms with Gasteiger partial charge in [-0.1, -0.05) is 254 Å². The first-order chi connectivity index (χ1) is 33.0. The Hall–Kier alpha value is -3.41. The van der Waals surface area contributed by atoms with E-state index in [1.54, 1.807) is 0 Å². The second-order valence-electron chi connectivity index (χ2n) is 18.5. The Morgan fingerprint density at radius 2 is 0.627 bits per heavy atom. The molecule has 0 aromatic carbocycles. The van der Waals surface area contributed by atoms with Gasteiger partial charge in [-0.15, -0.1) is 0 Å². The number of unbranched alkanes of at least 4 members (excludes halogenated alkanes) is 25. The average Bonchev–Trinajstić information content (AvgIpc) is 3.33.